The third kappa shape index (κ3) is 6.04. The molecule has 2 aromatic carbocycles. The van der Waals surface area contributed by atoms with Crippen LogP contribution in [0.3, 0.4) is 0 Å². The van der Waals surface area contributed by atoms with Gasteiger partial charge in [0, 0.05) is 18.7 Å². The maximum Gasteiger partial charge on any atom is 0.258 e. The second-order valence-electron chi connectivity index (χ2n) is 6.55. The van der Waals surface area contributed by atoms with Crippen molar-refractivity contribution in [1.29, 1.82) is 0 Å². The fraction of sp³-hybridized carbons (Fsp3) is 0.364. The van der Waals surface area contributed by atoms with E-state index in [1.807, 2.05) is 32.0 Å². The second kappa shape index (κ2) is 10.9. The average molecular weight is 416 g/mol. The maximum absolute atomic E-state index is 12.4. The van der Waals surface area contributed by atoms with Crippen LogP contribution in [0.2, 0.25) is 0 Å². The summed E-state index contributed by atoms with van der Waals surface area (Å²) < 4.78 is 21.2. The minimum Gasteiger partial charge on any atom is -0.493 e. The highest BCUT2D eigenvalue weighted by Crippen LogP contribution is 2.38. The molecule has 0 heterocycles. The topological polar surface area (TPSA) is 95.1 Å². The summed E-state index contributed by atoms with van der Waals surface area (Å²) >= 11 is 0. The van der Waals surface area contributed by atoms with E-state index in [2.05, 4.69) is 10.6 Å². The van der Waals surface area contributed by atoms with Gasteiger partial charge < -0.3 is 29.6 Å². The Morgan fingerprint density at radius 1 is 0.833 bits per heavy atom. The SMILES string of the molecule is COc1cc(C(=O)NCCNC(=O)COc2ccc(C)c(C)c2)cc(OC)c1OC. The normalized spacial score (nSPS) is 10.2. The zero-order valence-electron chi connectivity index (χ0n) is 18.0. The molecule has 0 saturated carbocycles. The minimum atomic E-state index is -0.324. The number of carbonyl (C=O) groups is 2. The van der Waals surface area contributed by atoms with Crippen LogP contribution < -0.4 is 29.6 Å². The average Bonchev–Trinajstić information content (AvgIpc) is 2.76. The van der Waals surface area contributed by atoms with E-state index in [-0.39, 0.29) is 31.5 Å². The molecule has 0 radical (unpaired) electrons. The van der Waals surface area contributed by atoms with Gasteiger partial charge in [0.2, 0.25) is 5.75 Å². The lowest BCUT2D eigenvalue weighted by Gasteiger charge is -2.14. The van der Waals surface area contributed by atoms with Gasteiger partial charge in [-0.1, -0.05) is 6.07 Å². The van der Waals surface area contributed by atoms with Crippen molar-refractivity contribution < 1.29 is 28.5 Å². The highest BCUT2D eigenvalue weighted by molar-refractivity contribution is 5.95. The number of carbonyl (C=O) groups excluding carboxylic acids is 2. The van der Waals surface area contributed by atoms with Crippen LogP contribution in [0.15, 0.2) is 30.3 Å². The molecule has 2 N–H and O–H groups in total. The fourth-order valence-electron chi connectivity index (χ4n) is 2.70. The van der Waals surface area contributed by atoms with Crippen molar-refractivity contribution >= 4 is 11.8 Å². The smallest absolute Gasteiger partial charge is 0.258 e. The number of benzene rings is 2. The van der Waals surface area contributed by atoms with Gasteiger partial charge in [0.25, 0.3) is 11.8 Å². The van der Waals surface area contributed by atoms with E-state index < -0.39 is 0 Å². The summed E-state index contributed by atoms with van der Waals surface area (Å²) in [6.07, 6.45) is 0. The Balaban J connectivity index is 1.80. The lowest BCUT2D eigenvalue weighted by molar-refractivity contribution is -0.123. The van der Waals surface area contributed by atoms with Crippen molar-refractivity contribution in [1.82, 2.24) is 10.6 Å². The van der Waals surface area contributed by atoms with E-state index in [1.165, 1.54) is 21.3 Å². The maximum atomic E-state index is 12.4. The number of aryl methyl sites for hydroxylation is 2. The van der Waals surface area contributed by atoms with Crippen molar-refractivity contribution in [2.24, 2.45) is 0 Å². The molecule has 8 nitrogen and oxygen atoms in total. The molecule has 0 unspecified atom stereocenters. The Hall–Kier alpha value is -3.42. The van der Waals surface area contributed by atoms with Crippen LogP contribution in [-0.2, 0) is 4.79 Å². The van der Waals surface area contributed by atoms with Crippen LogP contribution in [0, 0.1) is 13.8 Å². The monoisotopic (exact) mass is 416 g/mol. The highest BCUT2D eigenvalue weighted by Gasteiger charge is 2.16. The molecule has 0 fully saturated rings. The first-order valence-corrected chi connectivity index (χ1v) is 9.44. The standard InChI is InChI=1S/C22H28N2O6/c1-14-6-7-17(10-15(14)2)30-13-20(25)23-8-9-24-22(26)16-11-18(27-3)21(29-5)19(12-16)28-4/h6-7,10-12H,8-9,13H2,1-5H3,(H,23,25)(H,24,26). The first kappa shape index (κ1) is 22.9. The van der Waals surface area contributed by atoms with E-state index in [4.69, 9.17) is 18.9 Å². The minimum absolute atomic E-state index is 0.0939. The van der Waals surface area contributed by atoms with Gasteiger partial charge in [-0.15, -0.1) is 0 Å². The van der Waals surface area contributed by atoms with Crippen LogP contribution >= 0.6 is 0 Å². The van der Waals surface area contributed by atoms with E-state index in [0.29, 0.717) is 28.6 Å². The van der Waals surface area contributed by atoms with E-state index >= 15 is 0 Å². The summed E-state index contributed by atoms with van der Waals surface area (Å²) in [6.45, 7) is 4.43. The molecule has 2 rings (SSSR count). The number of hydrogen-bond acceptors (Lipinski definition) is 6. The number of amides is 2. The summed E-state index contributed by atoms with van der Waals surface area (Å²) in [4.78, 5) is 24.3. The third-order valence-corrected chi connectivity index (χ3v) is 4.51. The van der Waals surface area contributed by atoms with Gasteiger partial charge in [0.05, 0.1) is 21.3 Å². The van der Waals surface area contributed by atoms with Crippen LogP contribution in [-0.4, -0.2) is 52.8 Å². The molecule has 0 aliphatic rings. The molecule has 0 aromatic heterocycles. The van der Waals surface area contributed by atoms with Crippen molar-refractivity contribution in [3.63, 3.8) is 0 Å². The molecule has 30 heavy (non-hydrogen) atoms. The van der Waals surface area contributed by atoms with Gasteiger partial charge in [-0.2, -0.15) is 0 Å². The number of hydrogen-bond donors (Lipinski definition) is 2. The van der Waals surface area contributed by atoms with E-state index in [9.17, 15) is 9.59 Å². The molecule has 2 aromatic rings. The van der Waals surface area contributed by atoms with Crippen molar-refractivity contribution in [3.8, 4) is 23.0 Å². The van der Waals surface area contributed by atoms with Gasteiger partial charge in [0.15, 0.2) is 18.1 Å². The predicted molar refractivity (Wildman–Crippen MR) is 113 cm³/mol. The summed E-state index contributed by atoms with van der Waals surface area (Å²) in [6, 6.07) is 8.79. The largest absolute Gasteiger partial charge is 0.493 e. The van der Waals surface area contributed by atoms with Crippen LogP contribution in [0.1, 0.15) is 21.5 Å². The molecule has 0 spiro atoms. The van der Waals surface area contributed by atoms with Gasteiger partial charge in [0.1, 0.15) is 5.75 Å². The van der Waals surface area contributed by atoms with E-state index in [1.54, 1.807) is 12.1 Å². The molecule has 0 aliphatic heterocycles. The molecule has 8 heteroatoms. The predicted octanol–water partition coefficient (Wildman–Crippen LogP) is 2.25. The molecule has 0 bridgehead atoms. The van der Waals surface area contributed by atoms with Gasteiger partial charge >= 0.3 is 0 Å². The fourth-order valence-corrected chi connectivity index (χ4v) is 2.70. The second-order valence-corrected chi connectivity index (χ2v) is 6.55. The van der Waals surface area contributed by atoms with Crippen molar-refractivity contribution in [3.05, 3.63) is 47.0 Å². The molecular weight excluding hydrogens is 388 g/mol. The van der Waals surface area contributed by atoms with Gasteiger partial charge in [-0.3, -0.25) is 9.59 Å². The zero-order chi connectivity index (χ0) is 22.1. The number of rotatable bonds is 10. The van der Waals surface area contributed by atoms with Gasteiger partial charge in [-0.05, 0) is 49.2 Å². The van der Waals surface area contributed by atoms with Crippen molar-refractivity contribution in [2.75, 3.05) is 41.0 Å². The summed E-state index contributed by atoms with van der Waals surface area (Å²) in [5.41, 5.74) is 2.62. The third-order valence-electron chi connectivity index (χ3n) is 4.51. The number of methoxy groups -OCH3 is 3. The summed E-state index contributed by atoms with van der Waals surface area (Å²) in [5, 5.41) is 5.44. The molecule has 2 amide bonds. The molecule has 0 saturated heterocycles. The quantitative estimate of drug-likeness (QED) is 0.577. The van der Waals surface area contributed by atoms with Crippen LogP contribution in [0.25, 0.3) is 0 Å². The molecule has 0 aliphatic carbocycles. The Labute approximate surface area is 176 Å². The lowest BCUT2D eigenvalue weighted by Crippen LogP contribution is -2.36. The Kier molecular flexibility index (Phi) is 8.34. The Bertz CT molecular complexity index is 872. The van der Waals surface area contributed by atoms with Gasteiger partial charge in [-0.25, -0.2) is 0 Å². The summed E-state index contributed by atoms with van der Waals surface area (Å²) in [5.74, 6) is 1.24. The van der Waals surface area contributed by atoms with Crippen LogP contribution in [0.4, 0.5) is 0 Å². The number of ether oxygens (including phenoxy) is 4. The molecular formula is C22H28N2O6. The van der Waals surface area contributed by atoms with E-state index in [0.717, 1.165) is 11.1 Å². The molecule has 162 valence electrons. The highest BCUT2D eigenvalue weighted by atomic mass is 16.5. The zero-order valence-corrected chi connectivity index (χ0v) is 18.0. The Morgan fingerprint density at radius 3 is 2.03 bits per heavy atom. The number of nitrogens with one attached hydrogen (secondary N) is 2. The Morgan fingerprint density at radius 2 is 1.47 bits per heavy atom. The first-order chi connectivity index (χ1) is 14.4. The van der Waals surface area contributed by atoms with Crippen molar-refractivity contribution in [2.45, 2.75) is 13.8 Å². The molecule has 0 atom stereocenters. The van der Waals surface area contributed by atoms with Crippen LogP contribution in [0.5, 0.6) is 23.0 Å². The first-order valence-electron chi connectivity index (χ1n) is 9.44. The summed E-state index contributed by atoms with van der Waals surface area (Å²) in [7, 11) is 4.45. The lowest BCUT2D eigenvalue weighted by atomic mass is 10.1.